The van der Waals surface area contributed by atoms with Crippen LogP contribution in [0.4, 0.5) is 0 Å². The summed E-state index contributed by atoms with van der Waals surface area (Å²) in [5.41, 5.74) is 0. The third-order valence-corrected chi connectivity index (χ3v) is 4.90. The normalized spacial score (nSPS) is 11.9. The second kappa shape index (κ2) is 5.40. The summed E-state index contributed by atoms with van der Waals surface area (Å²) in [7, 11) is -3.61. The molecule has 1 aromatic rings. The molecule has 1 rings (SSSR count). The van der Waals surface area contributed by atoms with Gasteiger partial charge in [0, 0.05) is 11.4 Å². The van der Waals surface area contributed by atoms with Crippen molar-refractivity contribution in [2.45, 2.75) is 24.8 Å². The van der Waals surface area contributed by atoms with E-state index in [0.717, 1.165) is 17.8 Å². The molecule has 0 spiro atoms. The summed E-state index contributed by atoms with van der Waals surface area (Å²) in [6.45, 7) is 3.67. The molecule has 0 saturated heterocycles. The lowest BCUT2D eigenvalue weighted by Crippen LogP contribution is -2.13. The van der Waals surface area contributed by atoms with Crippen molar-refractivity contribution in [2.24, 2.45) is 5.14 Å². The van der Waals surface area contributed by atoms with E-state index in [9.17, 15) is 8.42 Å². The smallest absolute Gasteiger partial charge is 0.240 e. The molecule has 0 fully saturated rings. The van der Waals surface area contributed by atoms with Crippen LogP contribution in [0.25, 0.3) is 0 Å². The van der Waals surface area contributed by atoms with Crippen molar-refractivity contribution < 1.29 is 8.42 Å². The van der Waals surface area contributed by atoms with Crippen LogP contribution in [0.5, 0.6) is 0 Å². The highest BCUT2D eigenvalue weighted by atomic mass is 79.9. The van der Waals surface area contributed by atoms with Crippen molar-refractivity contribution in [1.82, 2.24) is 5.32 Å². The SMILES string of the molecule is CCCNCc1cc(S(N)(=O)=O)c(Br)s1. The fourth-order valence-electron chi connectivity index (χ4n) is 1.07. The maximum Gasteiger partial charge on any atom is 0.240 e. The lowest BCUT2D eigenvalue weighted by Gasteiger charge is -1.98. The van der Waals surface area contributed by atoms with E-state index in [0.29, 0.717) is 10.3 Å². The Hall–Kier alpha value is 0.0500. The molecule has 0 unspecified atom stereocenters. The molecule has 7 heteroatoms. The van der Waals surface area contributed by atoms with Gasteiger partial charge in [-0.3, -0.25) is 0 Å². The van der Waals surface area contributed by atoms with Gasteiger partial charge in [0.2, 0.25) is 10.0 Å². The summed E-state index contributed by atoms with van der Waals surface area (Å²) < 4.78 is 22.8. The van der Waals surface area contributed by atoms with Gasteiger partial charge in [0.15, 0.2) is 0 Å². The molecule has 3 N–H and O–H groups in total. The summed E-state index contributed by atoms with van der Waals surface area (Å²) in [5.74, 6) is 0. The Morgan fingerprint density at radius 1 is 1.60 bits per heavy atom. The maximum absolute atomic E-state index is 11.1. The molecule has 0 amide bonds. The largest absolute Gasteiger partial charge is 0.312 e. The van der Waals surface area contributed by atoms with Gasteiger partial charge >= 0.3 is 0 Å². The number of thiophene rings is 1. The monoisotopic (exact) mass is 312 g/mol. The molecule has 0 saturated carbocycles. The zero-order chi connectivity index (χ0) is 11.5. The first-order chi connectivity index (χ1) is 6.95. The van der Waals surface area contributed by atoms with E-state index < -0.39 is 10.0 Å². The van der Waals surface area contributed by atoms with Crippen LogP contribution in [0.2, 0.25) is 0 Å². The molecule has 0 aliphatic rings. The average molecular weight is 313 g/mol. The molecule has 0 atom stereocenters. The lowest BCUT2D eigenvalue weighted by atomic mass is 10.4. The second-order valence-electron chi connectivity index (χ2n) is 3.07. The summed E-state index contributed by atoms with van der Waals surface area (Å²) in [4.78, 5) is 1.13. The standard InChI is InChI=1S/C8H13BrN2O2S2/c1-2-3-11-5-6-4-7(8(9)14-6)15(10,12)13/h4,11H,2-3,5H2,1H3,(H2,10,12,13). The molecule has 0 radical (unpaired) electrons. The topological polar surface area (TPSA) is 72.2 Å². The summed E-state index contributed by atoms with van der Waals surface area (Å²) in [6.07, 6.45) is 1.05. The fraction of sp³-hybridized carbons (Fsp3) is 0.500. The molecular formula is C8H13BrN2O2S2. The number of sulfonamides is 1. The van der Waals surface area contributed by atoms with E-state index in [2.05, 4.69) is 28.2 Å². The summed E-state index contributed by atoms with van der Waals surface area (Å²) in [6, 6.07) is 1.60. The van der Waals surface area contributed by atoms with Crippen LogP contribution in [-0.4, -0.2) is 15.0 Å². The predicted octanol–water partition coefficient (Wildman–Crippen LogP) is 1.66. The molecule has 0 aliphatic heterocycles. The van der Waals surface area contributed by atoms with Crippen molar-refractivity contribution in [3.8, 4) is 0 Å². The average Bonchev–Trinajstić information content (AvgIpc) is 2.47. The molecule has 0 bridgehead atoms. The Morgan fingerprint density at radius 2 is 2.27 bits per heavy atom. The van der Waals surface area contributed by atoms with Crippen LogP contribution in [0.1, 0.15) is 18.2 Å². The molecule has 1 heterocycles. The Labute approximate surface area is 102 Å². The highest BCUT2D eigenvalue weighted by Gasteiger charge is 2.16. The van der Waals surface area contributed by atoms with Crippen LogP contribution in [0, 0.1) is 0 Å². The van der Waals surface area contributed by atoms with Crippen molar-refractivity contribution in [3.05, 3.63) is 14.7 Å². The zero-order valence-electron chi connectivity index (χ0n) is 8.29. The number of hydrogen-bond acceptors (Lipinski definition) is 4. The van der Waals surface area contributed by atoms with Crippen LogP contribution in [0.3, 0.4) is 0 Å². The minimum Gasteiger partial charge on any atom is -0.312 e. The predicted molar refractivity (Wildman–Crippen MR) is 65.4 cm³/mol. The fourth-order valence-corrected chi connectivity index (χ4v) is 4.30. The van der Waals surface area contributed by atoms with Crippen molar-refractivity contribution >= 4 is 37.3 Å². The van der Waals surface area contributed by atoms with Gasteiger partial charge in [-0.05, 0) is 35.0 Å². The van der Waals surface area contributed by atoms with Gasteiger partial charge in [-0.25, -0.2) is 13.6 Å². The van der Waals surface area contributed by atoms with Gasteiger partial charge in [-0.1, -0.05) is 6.92 Å². The van der Waals surface area contributed by atoms with Gasteiger partial charge in [-0.2, -0.15) is 0 Å². The molecule has 15 heavy (non-hydrogen) atoms. The van der Waals surface area contributed by atoms with Crippen LogP contribution in [-0.2, 0) is 16.6 Å². The van der Waals surface area contributed by atoms with E-state index in [1.54, 1.807) is 6.07 Å². The van der Waals surface area contributed by atoms with Crippen LogP contribution in [0.15, 0.2) is 14.7 Å². The minimum absolute atomic E-state index is 0.167. The van der Waals surface area contributed by atoms with Crippen LogP contribution >= 0.6 is 27.3 Å². The maximum atomic E-state index is 11.1. The third-order valence-electron chi connectivity index (χ3n) is 1.74. The van der Waals surface area contributed by atoms with Crippen molar-refractivity contribution in [2.75, 3.05) is 6.54 Å². The molecular weight excluding hydrogens is 300 g/mol. The minimum atomic E-state index is -3.61. The van der Waals surface area contributed by atoms with E-state index in [1.165, 1.54) is 11.3 Å². The molecule has 1 aromatic heterocycles. The molecule has 0 aliphatic carbocycles. The highest BCUT2D eigenvalue weighted by molar-refractivity contribution is 9.11. The first-order valence-electron chi connectivity index (χ1n) is 4.47. The summed E-state index contributed by atoms with van der Waals surface area (Å²) in [5, 5.41) is 8.25. The number of halogens is 1. The van der Waals surface area contributed by atoms with Gasteiger partial charge in [-0.15, -0.1) is 11.3 Å². The van der Waals surface area contributed by atoms with Gasteiger partial charge in [0.1, 0.15) is 4.90 Å². The third kappa shape index (κ3) is 3.84. The Morgan fingerprint density at radius 3 is 2.73 bits per heavy atom. The first-order valence-corrected chi connectivity index (χ1v) is 7.62. The molecule has 86 valence electrons. The Bertz CT molecular complexity index is 428. The first kappa shape index (κ1) is 13.1. The number of nitrogens with one attached hydrogen (secondary N) is 1. The Balaban J connectivity index is 2.78. The Kier molecular flexibility index (Phi) is 4.72. The lowest BCUT2D eigenvalue weighted by molar-refractivity contribution is 0.597. The molecule has 4 nitrogen and oxygen atoms in total. The van der Waals surface area contributed by atoms with E-state index in [-0.39, 0.29) is 4.90 Å². The van der Waals surface area contributed by atoms with E-state index in [4.69, 9.17) is 5.14 Å². The second-order valence-corrected chi connectivity index (χ2v) is 7.06. The summed E-state index contributed by atoms with van der Waals surface area (Å²) >= 11 is 4.58. The number of primary sulfonamides is 1. The number of rotatable bonds is 5. The van der Waals surface area contributed by atoms with E-state index >= 15 is 0 Å². The van der Waals surface area contributed by atoms with Crippen molar-refractivity contribution in [1.29, 1.82) is 0 Å². The number of nitrogens with two attached hydrogens (primary N) is 1. The van der Waals surface area contributed by atoms with Gasteiger partial charge in [0.25, 0.3) is 0 Å². The van der Waals surface area contributed by atoms with Gasteiger partial charge in [0.05, 0.1) is 3.79 Å². The van der Waals surface area contributed by atoms with Gasteiger partial charge < -0.3 is 5.32 Å². The van der Waals surface area contributed by atoms with Crippen LogP contribution < -0.4 is 10.5 Å². The van der Waals surface area contributed by atoms with Crippen molar-refractivity contribution in [3.63, 3.8) is 0 Å². The quantitative estimate of drug-likeness (QED) is 0.812. The zero-order valence-corrected chi connectivity index (χ0v) is 11.5. The highest BCUT2D eigenvalue weighted by Crippen LogP contribution is 2.30. The van der Waals surface area contributed by atoms with E-state index in [1.807, 2.05) is 0 Å². The molecule has 0 aromatic carbocycles. The number of hydrogen-bond donors (Lipinski definition) is 2.